The molecule has 2 aromatic carbocycles. The fraction of sp³-hybridized carbons (Fsp3) is 0. The number of H-pyrrole nitrogens is 1. The van der Waals surface area contributed by atoms with Crippen LogP contribution in [0.15, 0.2) is 75.3 Å². The van der Waals surface area contributed by atoms with E-state index in [-0.39, 0.29) is 14.8 Å². The highest BCUT2D eigenvalue weighted by atomic mass is 32.2. The van der Waals surface area contributed by atoms with Crippen molar-refractivity contribution >= 4 is 59.7 Å². The predicted molar refractivity (Wildman–Crippen MR) is 114 cm³/mol. The number of aromatic nitrogens is 4. The molecule has 11 heteroatoms. The Balaban J connectivity index is 1.51. The summed E-state index contributed by atoms with van der Waals surface area (Å²) in [6, 6.07) is 13.2. The van der Waals surface area contributed by atoms with Gasteiger partial charge in [0, 0.05) is 10.9 Å². The van der Waals surface area contributed by atoms with E-state index in [1.165, 1.54) is 36.8 Å². The van der Waals surface area contributed by atoms with Gasteiger partial charge in [-0.3, -0.25) is 0 Å². The van der Waals surface area contributed by atoms with Gasteiger partial charge in [-0.05, 0) is 35.5 Å². The number of benzene rings is 2. The summed E-state index contributed by atoms with van der Waals surface area (Å²) in [5, 5.41) is 8.01. The van der Waals surface area contributed by atoms with Crippen molar-refractivity contribution in [3.05, 3.63) is 66.0 Å². The van der Waals surface area contributed by atoms with Gasteiger partial charge in [0.15, 0.2) is 5.13 Å². The average molecular weight is 436 g/mol. The lowest BCUT2D eigenvalue weighted by Gasteiger charge is -2.03. The van der Waals surface area contributed by atoms with Crippen molar-refractivity contribution in [3.8, 4) is 0 Å². The molecule has 9 nitrogen and oxygen atoms in total. The van der Waals surface area contributed by atoms with Crippen molar-refractivity contribution in [2.75, 3.05) is 5.32 Å². The van der Waals surface area contributed by atoms with E-state index in [0.29, 0.717) is 16.6 Å². The molecule has 0 aliphatic carbocycles. The summed E-state index contributed by atoms with van der Waals surface area (Å²) in [7, 11) is -3.77. The number of fused-ring (bicyclic) bond motifs is 3. The second kappa shape index (κ2) is 6.97. The summed E-state index contributed by atoms with van der Waals surface area (Å²) in [4.78, 5) is 26.6. The van der Waals surface area contributed by atoms with E-state index in [0.717, 1.165) is 27.6 Å². The van der Waals surface area contributed by atoms with Gasteiger partial charge in [0.25, 0.3) is 0 Å². The zero-order valence-corrected chi connectivity index (χ0v) is 16.7. The molecule has 5 rings (SSSR count). The molecule has 3 aromatic heterocycles. The molecule has 0 saturated heterocycles. The first kappa shape index (κ1) is 18.3. The van der Waals surface area contributed by atoms with Gasteiger partial charge in [-0.2, -0.15) is 0 Å². The van der Waals surface area contributed by atoms with Gasteiger partial charge in [-0.25, -0.2) is 23.4 Å². The van der Waals surface area contributed by atoms with Gasteiger partial charge >= 0.3 is 0 Å². The van der Waals surface area contributed by atoms with E-state index in [9.17, 15) is 13.3 Å². The summed E-state index contributed by atoms with van der Waals surface area (Å²) in [5.74, 6) is 0.525. The maximum absolute atomic E-state index is 12.8. The monoisotopic (exact) mass is 436 g/mol. The second-order valence-corrected chi connectivity index (χ2v) is 9.52. The Hall–Kier alpha value is -3.70. The Bertz CT molecular complexity index is 1510. The summed E-state index contributed by atoms with van der Waals surface area (Å²) >= 11 is 0.990. The maximum atomic E-state index is 12.8. The Kier molecular flexibility index (Phi) is 4.26. The Morgan fingerprint density at radius 1 is 1.00 bits per heavy atom. The highest BCUT2D eigenvalue weighted by molar-refractivity contribution is 7.93. The minimum absolute atomic E-state index is 0.0613. The van der Waals surface area contributed by atoms with Crippen molar-refractivity contribution in [1.29, 1.82) is 0 Å². The normalized spacial score (nSPS) is 11.7. The molecule has 2 N–H and O–H groups in total. The van der Waals surface area contributed by atoms with E-state index in [1.54, 1.807) is 0 Å². The third-order valence-corrected chi connectivity index (χ3v) is 7.67. The number of para-hydroxylation sites is 1. The van der Waals surface area contributed by atoms with Crippen molar-refractivity contribution in [2.24, 2.45) is 5.18 Å². The van der Waals surface area contributed by atoms with Crippen molar-refractivity contribution in [1.82, 2.24) is 19.9 Å². The van der Waals surface area contributed by atoms with Crippen LogP contribution in [0.25, 0.3) is 21.9 Å². The number of hydrogen-bond acceptors (Lipinski definition) is 9. The van der Waals surface area contributed by atoms with Crippen LogP contribution in [0.2, 0.25) is 0 Å². The van der Waals surface area contributed by atoms with Crippen LogP contribution in [-0.2, 0) is 9.84 Å². The number of aromatic amines is 1. The molecule has 0 amide bonds. The number of sulfone groups is 1. The molecule has 0 atom stereocenters. The number of nitroso groups, excluding NO2 is 1. The fourth-order valence-corrected chi connectivity index (χ4v) is 5.54. The zero-order valence-electron chi connectivity index (χ0n) is 15.1. The Morgan fingerprint density at radius 3 is 2.60 bits per heavy atom. The van der Waals surface area contributed by atoms with Gasteiger partial charge in [0.2, 0.25) is 9.84 Å². The first-order chi connectivity index (χ1) is 14.6. The third-order valence-electron chi connectivity index (χ3n) is 4.52. The van der Waals surface area contributed by atoms with Crippen LogP contribution in [0.3, 0.4) is 0 Å². The van der Waals surface area contributed by atoms with Crippen LogP contribution < -0.4 is 5.32 Å². The molecule has 30 heavy (non-hydrogen) atoms. The Morgan fingerprint density at radius 2 is 1.80 bits per heavy atom. The minimum Gasteiger partial charge on any atom is -0.339 e. The summed E-state index contributed by atoms with van der Waals surface area (Å²) in [6.45, 7) is 0. The number of nitrogens with one attached hydrogen (secondary N) is 2. The lowest BCUT2D eigenvalue weighted by molar-refractivity contribution is 0.598. The van der Waals surface area contributed by atoms with E-state index >= 15 is 0 Å². The van der Waals surface area contributed by atoms with Gasteiger partial charge in [0.05, 0.1) is 16.5 Å². The van der Waals surface area contributed by atoms with E-state index < -0.39 is 9.84 Å². The molecule has 3 heterocycles. The maximum Gasteiger partial charge on any atom is 0.217 e. The van der Waals surface area contributed by atoms with Gasteiger partial charge in [-0.1, -0.05) is 29.5 Å². The third kappa shape index (κ3) is 3.00. The largest absolute Gasteiger partial charge is 0.339 e. The number of hydrogen-bond donors (Lipinski definition) is 2. The quantitative estimate of drug-likeness (QED) is 0.387. The molecule has 0 spiro atoms. The highest BCUT2D eigenvalue weighted by Gasteiger charge is 2.22. The van der Waals surface area contributed by atoms with Crippen molar-refractivity contribution < 1.29 is 8.42 Å². The van der Waals surface area contributed by atoms with Crippen LogP contribution >= 0.6 is 11.3 Å². The number of thiazole rings is 1. The SMILES string of the molecule is O=Nc1ccc(S(=O)(=O)c2cnc(Nc3ncnc4[nH]c5ccccc5c34)s2)cc1. The number of rotatable bonds is 5. The lowest BCUT2D eigenvalue weighted by atomic mass is 10.2. The number of anilines is 2. The Labute approximate surface area is 173 Å². The molecule has 0 aliphatic rings. The van der Waals surface area contributed by atoms with E-state index in [4.69, 9.17) is 0 Å². The molecule has 0 radical (unpaired) electrons. The van der Waals surface area contributed by atoms with Crippen molar-refractivity contribution in [3.63, 3.8) is 0 Å². The molecule has 0 fully saturated rings. The second-order valence-electron chi connectivity index (χ2n) is 6.31. The van der Waals surface area contributed by atoms with Crippen LogP contribution in [-0.4, -0.2) is 28.4 Å². The topological polar surface area (TPSA) is 130 Å². The molecule has 148 valence electrons. The van der Waals surface area contributed by atoms with Crippen LogP contribution in [0.4, 0.5) is 16.6 Å². The summed E-state index contributed by atoms with van der Waals surface area (Å²) in [5.41, 5.74) is 1.75. The smallest absolute Gasteiger partial charge is 0.217 e. The molecule has 0 aliphatic heterocycles. The van der Waals surface area contributed by atoms with Gasteiger partial charge < -0.3 is 10.3 Å². The average Bonchev–Trinajstić information content (AvgIpc) is 3.39. The first-order valence-corrected chi connectivity index (χ1v) is 11.0. The number of nitrogens with zero attached hydrogens (tertiary/aromatic N) is 4. The molecule has 0 unspecified atom stereocenters. The highest BCUT2D eigenvalue weighted by Crippen LogP contribution is 2.34. The summed E-state index contributed by atoms with van der Waals surface area (Å²) < 4.78 is 25.8. The van der Waals surface area contributed by atoms with E-state index in [2.05, 4.69) is 30.4 Å². The molecule has 0 bridgehead atoms. The minimum atomic E-state index is -3.77. The first-order valence-electron chi connectivity index (χ1n) is 8.69. The summed E-state index contributed by atoms with van der Waals surface area (Å²) in [6.07, 6.45) is 2.72. The van der Waals surface area contributed by atoms with Crippen LogP contribution in [0, 0.1) is 4.91 Å². The molecule has 0 saturated carbocycles. The standard InChI is InChI=1S/C19H12N6O3S2/c26-25-11-5-7-12(8-6-11)30(27,28)15-9-20-19(29-15)24-18-16-13-3-1-2-4-14(13)23-17(16)21-10-22-18/h1-10H,(H2,20,21,22,23,24). The molecular weight excluding hydrogens is 424 g/mol. The van der Waals surface area contributed by atoms with Crippen molar-refractivity contribution in [2.45, 2.75) is 9.10 Å². The van der Waals surface area contributed by atoms with E-state index in [1.807, 2.05) is 24.3 Å². The van der Waals surface area contributed by atoms with Crippen LogP contribution in [0.5, 0.6) is 0 Å². The van der Waals surface area contributed by atoms with Gasteiger partial charge in [-0.15, -0.1) is 4.91 Å². The van der Waals surface area contributed by atoms with Gasteiger partial charge in [0.1, 0.15) is 27.7 Å². The molecular formula is C19H12N6O3S2. The lowest BCUT2D eigenvalue weighted by Crippen LogP contribution is -1.98. The fourth-order valence-electron chi connectivity index (χ4n) is 3.11. The molecule has 5 aromatic rings. The van der Waals surface area contributed by atoms with Crippen LogP contribution in [0.1, 0.15) is 0 Å². The zero-order chi connectivity index (χ0) is 20.7. The predicted octanol–water partition coefficient (Wildman–Crippen LogP) is 4.54.